The third kappa shape index (κ3) is 4.20. The van der Waals surface area contributed by atoms with E-state index in [9.17, 15) is 10.1 Å². The van der Waals surface area contributed by atoms with E-state index in [0.717, 1.165) is 11.4 Å². The summed E-state index contributed by atoms with van der Waals surface area (Å²) < 4.78 is 1.87. The normalized spacial score (nSPS) is 14.6. The molecule has 0 aliphatic heterocycles. The molecule has 1 N–H and O–H groups in total. The summed E-state index contributed by atoms with van der Waals surface area (Å²) in [6.07, 6.45) is 0. The number of carbonyl (C=O) groups excluding carboxylic acids is 1. The minimum Gasteiger partial charge on any atom is -0.337 e. The fourth-order valence-corrected chi connectivity index (χ4v) is 2.94. The van der Waals surface area contributed by atoms with Gasteiger partial charge in [-0.3, -0.25) is 4.79 Å². The third-order valence-electron chi connectivity index (χ3n) is 4.29. The number of carbonyl (C=O) groups is 1. The molecule has 0 bridgehead atoms. The van der Waals surface area contributed by atoms with Crippen molar-refractivity contribution in [3.05, 3.63) is 30.3 Å². The Balaban J connectivity index is 2.11. The molecule has 1 amide bonds. The number of nitrogens with one attached hydrogen (secondary N) is 1. The molecule has 1 aromatic heterocycles. The molecule has 0 radical (unpaired) electrons. The van der Waals surface area contributed by atoms with E-state index in [1.54, 1.807) is 13.8 Å². The quantitative estimate of drug-likeness (QED) is 0.804. The molecule has 0 aliphatic carbocycles. The summed E-state index contributed by atoms with van der Waals surface area (Å²) in [7, 11) is 1.88. The number of rotatable bonds is 6. The number of nitriles is 1. The predicted octanol–water partition coefficient (Wildman–Crippen LogP) is 3.02. The molecule has 0 fully saturated rings. The van der Waals surface area contributed by atoms with Crippen LogP contribution in [0.5, 0.6) is 0 Å². The predicted molar refractivity (Wildman–Crippen MR) is 98.8 cm³/mol. The fraction of sp³-hybridized carbons (Fsp3) is 0.444. The number of hydrogen-bond acceptors (Lipinski definition) is 5. The molecule has 0 saturated carbocycles. The van der Waals surface area contributed by atoms with E-state index in [0.29, 0.717) is 5.16 Å². The summed E-state index contributed by atoms with van der Waals surface area (Å²) in [6.45, 7) is 7.37. The monoisotopic (exact) mass is 357 g/mol. The Bertz CT molecular complexity index is 781. The first-order valence-corrected chi connectivity index (χ1v) is 9.01. The van der Waals surface area contributed by atoms with Crippen LogP contribution in [0.25, 0.3) is 11.4 Å². The summed E-state index contributed by atoms with van der Waals surface area (Å²) in [5.41, 5.74) is 0.0828. The van der Waals surface area contributed by atoms with Crippen LogP contribution in [-0.2, 0) is 11.8 Å². The standard InChI is InChI=1S/C18H23N5OS/c1-12(2)18(4,11-19)20-16(24)13(3)25-17-22-21-15(23(17)5)14-9-7-6-8-10-14/h6-10,12-13H,1-5H3,(H,20,24)/t13-,18-/m0/s1. The van der Waals surface area contributed by atoms with Crippen LogP contribution in [0.3, 0.4) is 0 Å². The number of nitrogens with zero attached hydrogens (tertiary/aromatic N) is 4. The van der Waals surface area contributed by atoms with Gasteiger partial charge in [0.15, 0.2) is 11.0 Å². The first kappa shape index (κ1) is 19.0. The van der Waals surface area contributed by atoms with E-state index < -0.39 is 10.8 Å². The molecule has 0 aliphatic rings. The second kappa shape index (κ2) is 7.70. The SMILES string of the molecule is CC(C)[C@](C)(C#N)NC(=O)[C@H](C)Sc1nnc(-c2ccccc2)n1C. The van der Waals surface area contributed by atoms with Crippen molar-refractivity contribution >= 4 is 17.7 Å². The van der Waals surface area contributed by atoms with Crippen LogP contribution in [-0.4, -0.2) is 31.5 Å². The molecule has 25 heavy (non-hydrogen) atoms. The highest BCUT2D eigenvalue weighted by Crippen LogP contribution is 2.26. The molecule has 0 unspecified atom stereocenters. The maximum atomic E-state index is 12.5. The van der Waals surface area contributed by atoms with Gasteiger partial charge in [0.05, 0.1) is 11.3 Å². The van der Waals surface area contributed by atoms with Gasteiger partial charge in [0, 0.05) is 12.6 Å². The largest absolute Gasteiger partial charge is 0.337 e. The first-order valence-electron chi connectivity index (χ1n) is 8.13. The minimum atomic E-state index is -0.888. The van der Waals surface area contributed by atoms with Gasteiger partial charge in [0.25, 0.3) is 0 Å². The highest BCUT2D eigenvalue weighted by molar-refractivity contribution is 8.00. The lowest BCUT2D eigenvalue weighted by atomic mass is 9.90. The van der Waals surface area contributed by atoms with Gasteiger partial charge >= 0.3 is 0 Å². The van der Waals surface area contributed by atoms with Gasteiger partial charge < -0.3 is 9.88 Å². The van der Waals surface area contributed by atoms with Crippen LogP contribution >= 0.6 is 11.8 Å². The smallest absolute Gasteiger partial charge is 0.234 e. The first-order chi connectivity index (χ1) is 11.8. The van der Waals surface area contributed by atoms with Gasteiger partial charge in [0.1, 0.15) is 5.54 Å². The molecule has 0 spiro atoms. The van der Waals surface area contributed by atoms with Crippen molar-refractivity contribution < 1.29 is 4.79 Å². The van der Waals surface area contributed by atoms with E-state index >= 15 is 0 Å². The highest BCUT2D eigenvalue weighted by atomic mass is 32.2. The number of amides is 1. The zero-order valence-electron chi connectivity index (χ0n) is 15.1. The Hall–Kier alpha value is -2.33. The molecular weight excluding hydrogens is 334 g/mol. The summed E-state index contributed by atoms with van der Waals surface area (Å²) in [6, 6.07) is 12.0. The lowest BCUT2D eigenvalue weighted by molar-refractivity contribution is -0.121. The van der Waals surface area contributed by atoms with Crippen LogP contribution in [0.2, 0.25) is 0 Å². The number of thioether (sulfide) groups is 1. The lowest BCUT2D eigenvalue weighted by Gasteiger charge is -2.28. The summed E-state index contributed by atoms with van der Waals surface area (Å²) in [4.78, 5) is 12.5. The summed E-state index contributed by atoms with van der Waals surface area (Å²) >= 11 is 1.32. The van der Waals surface area contributed by atoms with Crippen LogP contribution in [0.4, 0.5) is 0 Å². The second-order valence-corrected chi connectivity index (χ2v) is 7.76. The number of benzene rings is 1. The average molecular weight is 357 g/mol. The zero-order valence-corrected chi connectivity index (χ0v) is 16.0. The summed E-state index contributed by atoms with van der Waals surface area (Å²) in [5, 5.41) is 20.9. The molecule has 7 heteroatoms. The van der Waals surface area contributed by atoms with Gasteiger partial charge in [-0.25, -0.2) is 0 Å². The Morgan fingerprint density at radius 1 is 1.28 bits per heavy atom. The van der Waals surface area contributed by atoms with E-state index in [1.165, 1.54) is 11.8 Å². The topological polar surface area (TPSA) is 83.6 Å². The Labute approximate surface area is 152 Å². The Morgan fingerprint density at radius 3 is 2.48 bits per heavy atom. The molecule has 2 atom stereocenters. The van der Waals surface area contributed by atoms with Crippen molar-refractivity contribution in [1.29, 1.82) is 5.26 Å². The Morgan fingerprint density at radius 2 is 1.92 bits per heavy atom. The Kier molecular flexibility index (Phi) is 5.85. The van der Waals surface area contributed by atoms with E-state index in [4.69, 9.17) is 0 Å². The van der Waals surface area contributed by atoms with Gasteiger partial charge in [-0.1, -0.05) is 55.9 Å². The lowest BCUT2D eigenvalue weighted by Crippen LogP contribution is -2.51. The van der Waals surface area contributed by atoms with Crippen LogP contribution in [0.1, 0.15) is 27.7 Å². The van der Waals surface area contributed by atoms with Gasteiger partial charge in [0.2, 0.25) is 5.91 Å². The van der Waals surface area contributed by atoms with Crippen LogP contribution in [0.15, 0.2) is 35.5 Å². The van der Waals surface area contributed by atoms with Gasteiger partial charge in [-0.2, -0.15) is 5.26 Å². The van der Waals surface area contributed by atoms with Crippen molar-refractivity contribution in [2.75, 3.05) is 0 Å². The van der Waals surface area contributed by atoms with Gasteiger partial charge in [-0.15, -0.1) is 10.2 Å². The van der Waals surface area contributed by atoms with Crippen LogP contribution < -0.4 is 5.32 Å². The van der Waals surface area contributed by atoms with Crippen molar-refractivity contribution in [2.45, 2.75) is 43.6 Å². The molecule has 2 aromatic rings. The van der Waals surface area contributed by atoms with Crippen molar-refractivity contribution in [1.82, 2.24) is 20.1 Å². The van der Waals surface area contributed by atoms with E-state index in [1.807, 2.05) is 55.8 Å². The molecule has 6 nitrogen and oxygen atoms in total. The van der Waals surface area contributed by atoms with Crippen molar-refractivity contribution in [3.63, 3.8) is 0 Å². The molecule has 1 aromatic carbocycles. The number of aromatic nitrogens is 3. The molecule has 1 heterocycles. The van der Waals surface area contributed by atoms with Crippen molar-refractivity contribution in [2.24, 2.45) is 13.0 Å². The maximum absolute atomic E-state index is 12.5. The molecule has 2 rings (SSSR count). The number of hydrogen-bond donors (Lipinski definition) is 1. The summed E-state index contributed by atoms with van der Waals surface area (Å²) in [5.74, 6) is 0.574. The second-order valence-electron chi connectivity index (χ2n) is 6.45. The molecule has 0 saturated heterocycles. The minimum absolute atomic E-state index is 0.0122. The van der Waals surface area contributed by atoms with E-state index in [-0.39, 0.29) is 11.8 Å². The zero-order chi connectivity index (χ0) is 18.6. The third-order valence-corrected chi connectivity index (χ3v) is 5.42. The average Bonchev–Trinajstić information content (AvgIpc) is 2.96. The molecular formula is C18H23N5OS. The van der Waals surface area contributed by atoms with Crippen molar-refractivity contribution in [3.8, 4) is 17.5 Å². The maximum Gasteiger partial charge on any atom is 0.234 e. The fourth-order valence-electron chi connectivity index (χ4n) is 2.13. The van der Waals surface area contributed by atoms with Crippen LogP contribution in [0, 0.1) is 17.2 Å². The molecule has 132 valence electrons. The highest BCUT2D eigenvalue weighted by Gasteiger charge is 2.32. The van der Waals surface area contributed by atoms with Gasteiger partial charge in [-0.05, 0) is 19.8 Å². The van der Waals surface area contributed by atoms with E-state index in [2.05, 4.69) is 21.6 Å².